The molecule has 5 rings (SSSR count). The van der Waals surface area contributed by atoms with Crippen LogP contribution in [0.4, 0.5) is 5.69 Å². The molecular weight excluding hydrogens is 450 g/mol. The van der Waals surface area contributed by atoms with Gasteiger partial charge in [-0.1, -0.05) is 6.42 Å². The molecule has 2 aromatic heterocycles. The minimum Gasteiger partial charge on any atom is -0.493 e. The number of hydrogen-bond acceptors (Lipinski definition) is 7. The number of carbonyl (C=O) groups is 1. The molecule has 1 amide bonds. The van der Waals surface area contributed by atoms with Crippen LogP contribution in [0.2, 0.25) is 0 Å². The molecule has 1 aliphatic heterocycles. The van der Waals surface area contributed by atoms with Crippen molar-refractivity contribution in [1.29, 1.82) is 0 Å². The third-order valence-electron chi connectivity index (χ3n) is 5.88. The molecule has 2 aromatic carbocycles. The molecule has 0 saturated heterocycles. The SMILES string of the molecule is COc1ccc(-c2nc(C(=O)Nc3ccc(-c4nnc5n4CCCCC5)cc3)cs2)cc1OC. The Morgan fingerprint density at radius 1 is 0.971 bits per heavy atom. The number of nitrogens with zero attached hydrogens (tertiary/aromatic N) is 4. The van der Waals surface area contributed by atoms with Gasteiger partial charge >= 0.3 is 0 Å². The molecule has 0 atom stereocenters. The van der Waals surface area contributed by atoms with Gasteiger partial charge in [0.25, 0.3) is 5.91 Å². The number of aryl methyl sites for hydroxylation is 1. The van der Waals surface area contributed by atoms with Gasteiger partial charge in [0.2, 0.25) is 0 Å². The van der Waals surface area contributed by atoms with Gasteiger partial charge in [0, 0.05) is 35.2 Å². The highest BCUT2D eigenvalue weighted by molar-refractivity contribution is 7.13. The van der Waals surface area contributed by atoms with E-state index in [-0.39, 0.29) is 5.91 Å². The van der Waals surface area contributed by atoms with Crippen molar-refractivity contribution in [3.8, 4) is 33.5 Å². The predicted octanol–water partition coefficient (Wildman–Crippen LogP) is 5.06. The number of benzene rings is 2. The molecule has 0 bridgehead atoms. The molecule has 0 aliphatic carbocycles. The summed E-state index contributed by atoms with van der Waals surface area (Å²) < 4.78 is 12.9. The van der Waals surface area contributed by atoms with Gasteiger partial charge in [-0.25, -0.2) is 4.98 Å². The molecule has 1 N–H and O–H groups in total. The first-order valence-electron chi connectivity index (χ1n) is 11.2. The molecule has 34 heavy (non-hydrogen) atoms. The van der Waals surface area contributed by atoms with Crippen LogP contribution in [0.25, 0.3) is 22.0 Å². The molecule has 0 unspecified atom stereocenters. The lowest BCUT2D eigenvalue weighted by Gasteiger charge is -2.08. The Morgan fingerprint density at radius 3 is 2.56 bits per heavy atom. The van der Waals surface area contributed by atoms with Gasteiger partial charge in [-0.3, -0.25) is 4.79 Å². The van der Waals surface area contributed by atoms with Crippen LogP contribution in [0.3, 0.4) is 0 Å². The van der Waals surface area contributed by atoms with Crippen LogP contribution in [-0.2, 0) is 13.0 Å². The average Bonchev–Trinajstić information content (AvgIpc) is 3.46. The van der Waals surface area contributed by atoms with Crippen molar-refractivity contribution in [2.75, 3.05) is 19.5 Å². The third-order valence-corrected chi connectivity index (χ3v) is 6.77. The third kappa shape index (κ3) is 4.38. The van der Waals surface area contributed by atoms with Crippen molar-refractivity contribution < 1.29 is 14.3 Å². The predicted molar refractivity (Wildman–Crippen MR) is 132 cm³/mol. The quantitative estimate of drug-likeness (QED) is 0.419. The number of amides is 1. The Bertz CT molecular complexity index is 1310. The fraction of sp³-hybridized carbons (Fsp3) is 0.280. The zero-order chi connectivity index (χ0) is 23.5. The van der Waals surface area contributed by atoms with Gasteiger partial charge in [-0.2, -0.15) is 0 Å². The Kier molecular flexibility index (Phi) is 6.27. The fourth-order valence-corrected chi connectivity index (χ4v) is 4.87. The minimum atomic E-state index is -0.257. The normalized spacial score (nSPS) is 13.1. The summed E-state index contributed by atoms with van der Waals surface area (Å²) in [7, 11) is 3.18. The Morgan fingerprint density at radius 2 is 1.76 bits per heavy atom. The van der Waals surface area contributed by atoms with Gasteiger partial charge < -0.3 is 19.4 Å². The first kappa shape index (κ1) is 22.1. The molecule has 1 aliphatic rings. The lowest BCUT2D eigenvalue weighted by atomic mass is 10.2. The molecule has 8 nitrogen and oxygen atoms in total. The van der Waals surface area contributed by atoms with E-state index in [1.54, 1.807) is 19.6 Å². The second kappa shape index (κ2) is 9.64. The number of carbonyl (C=O) groups excluding carboxylic acids is 1. The minimum absolute atomic E-state index is 0.257. The summed E-state index contributed by atoms with van der Waals surface area (Å²) in [5.74, 6) is 2.94. The van der Waals surface area contributed by atoms with E-state index < -0.39 is 0 Å². The van der Waals surface area contributed by atoms with Gasteiger partial charge in [0.15, 0.2) is 17.3 Å². The van der Waals surface area contributed by atoms with Crippen molar-refractivity contribution in [3.63, 3.8) is 0 Å². The van der Waals surface area contributed by atoms with E-state index in [4.69, 9.17) is 9.47 Å². The second-order valence-corrected chi connectivity index (χ2v) is 8.90. The summed E-state index contributed by atoms with van der Waals surface area (Å²) in [6, 6.07) is 13.3. The van der Waals surface area contributed by atoms with E-state index in [0.29, 0.717) is 22.9 Å². The van der Waals surface area contributed by atoms with Crippen molar-refractivity contribution in [2.24, 2.45) is 0 Å². The highest BCUT2D eigenvalue weighted by Gasteiger charge is 2.17. The second-order valence-electron chi connectivity index (χ2n) is 8.04. The summed E-state index contributed by atoms with van der Waals surface area (Å²) >= 11 is 1.40. The zero-order valence-electron chi connectivity index (χ0n) is 19.1. The van der Waals surface area contributed by atoms with Crippen LogP contribution in [-0.4, -0.2) is 39.9 Å². The van der Waals surface area contributed by atoms with E-state index in [1.807, 2.05) is 42.5 Å². The summed E-state index contributed by atoms with van der Waals surface area (Å²) in [6.07, 6.45) is 4.50. The van der Waals surface area contributed by atoms with Crippen LogP contribution in [0.15, 0.2) is 47.8 Å². The van der Waals surface area contributed by atoms with Gasteiger partial charge in [0.1, 0.15) is 16.5 Å². The summed E-state index contributed by atoms with van der Waals surface area (Å²) in [4.78, 5) is 17.3. The Hall–Kier alpha value is -3.72. The number of fused-ring (bicyclic) bond motifs is 1. The summed E-state index contributed by atoms with van der Waals surface area (Å²) in [5.41, 5.74) is 2.91. The van der Waals surface area contributed by atoms with Crippen LogP contribution in [0, 0.1) is 0 Å². The van der Waals surface area contributed by atoms with E-state index in [1.165, 1.54) is 17.8 Å². The molecule has 9 heteroatoms. The maximum Gasteiger partial charge on any atom is 0.275 e. The Labute approximate surface area is 201 Å². The first-order valence-corrected chi connectivity index (χ1v) is 12.1. The van der Waals surface area contributed by atoms with E-state index >= 15 is 0 Å². The summed E-state index contributed by atoms with van der Waals surface area (Å²) in [6.45, 7) is 0.947. The maximum atomic E-state index is 12.8. The van der Waals surface area contributed by atoms with Gasteiger partial charge in [0.05, 0.1) is 14.2 Å². The molecule has 174 valence electrons. The molecule has 0 fully saturated rings. The number of nitrogens with one attached hydrogen (secondary N) is 1. The standard InChI is InChI=1S/C25H25N5O3S/c1-32-20-12-9-17(14-21(20)33-2)25-27-19(15-34-25)24(31)26-18-10-7-16(8-11-18)23-29-28-22-6-4-3-5-13-30(22)23/h7-12,14-15H,3-6,13H2,1-2H3,(H,26,31). The average molecular weight is 476 g/mol. The first-order chi connectivity index (χ1) is 16.7. The van der Waals surface area contributed by atoms with Gasteiger partial charge in [-0.05, 0) is 55.3 Å². The zero-order valence-corrected chi connectivity index (χ0v) is 19.9. The topological polar surface area (TPSA) is 91.2 Å². The van der Waals surface area contributed by atoms with Crippen LogP contribution in [0.5, 0.6) is 11.5 Å². The molecule has 0 saturated carbocycles. The Balaban J connectivity index is 1.29. The largest absolute Gasteiger partial charge is 0.493 e. The van der Waals surface area contributed by atoms with Crippen molar-refractivity contribution in [2.45, 2.75) is 32.2 Å². The van der Waals surface area contributed by atoms with Crippen LogP contribution < -0.4 is 14.8 Å². The van der Waals surface area contributed by atoms with Crippen molar-refractivity contribution in [3.05, 3.63) is 59.4 Å². The van der Waals surface area contributed by atoms with E-state index in [0.717, 1.165) is 53.6 Å². The molecule has 4 aromatic rings. The number of methoxy groups -OCH3 is 2. The number of anilines is 1. The van der Waals surface area contributed by atoms with Crippen molar-refractivity contribution >= 4 is 22.9 Å². The monoisotopic (exact) mass is 475 g/mol. The number of ether oxygens (including phenoxy) is 2. The number of hydrogen-bond donors (Lipinski definition) is 1. The lowest BCUT2D eigenvalue weighted by molar-refractivity contribution is 0.102. The van der Waals surface area contributed by atoms with Crippen molar-refractivity contribution in [1.82, 2.24) is 19.7 Å². The van der Waals surface area contributed by atoms with Gasteiger partial charge in [-0.15, -0.1) is 21.5 Å². The number of rotatable bonds is 6. The lowest BCUT2D eigenvalue weighted by Crippen LogP contribution is -2.12. The molecular formula is C25H25N5O3S. The summed E-state index contributed by atoms with van der Waals surface area (Å²) in [5, 5.41) is 14.2. The smallest absolute Gasteiger partial charge is 0.275 e. The van der Waals surface area contributed by atoms with E-state index in [2.05, 4.69) is 25.1 Å². The number of aromatic nitrogens is 4. The molecule has 3 heterocycles. The van der Waals surface area contributed by atoms with Crippen LogP contribution in [0.1, 0.15) is 35.6 Å². The van der Waals surface area contributed by atoms with E-state index in [9.17, 15) is 4.79 Å². The van der Waals surface area contributed by atoms with Crippen LogP contribution >= 0.6 is 11.3 Å². The molecule has 0 radical (unpaired) electrons. The highest BCUT2D eigenvalue weighted by Crippen LogP contribution is 2.33. The maximum absolute atomic E-state index is 12.8. The number of thiazole rings is 1. The highest BCUT2D eigenvalue weighted by atomic mass is 32.1. The molecule has 0 spiro atoms. The fourth-order valence-electron chi connectivity index (χ4n) is 4.08.